The van der Waals surface area contributed by atoms with Crippen LogP contribution in [0.5, 0.6) is 5.75 Å². The van der Waals surface area contributed by atoms with E-state index in [1.54, 1.807) is 7.11 Å². The number of ether oxygens (including phenoxy) is 1. The summed E-state index contributed by atoms with van der Waals surface area (Å²) in [6.45, 7) is 4.03. The van der Waals surface area contributed by atoms with E-state index in [1.807, 2.05) is 67.1 Å². The van der Waals surface area contributed by atoms with Gasteiger partial charge in [-0.15, -0.1) is 10.2 Å². The summed E-state index contributed by atoms with van der Waals surface area (Å²) in [5, 5.41) is 11.8. The predicted molar refractivity (Wildman–Crippen MR) is 114 cm³/mol. The molecule has 0 aliphatic carbocycles. The van der Waals surface area contributed by atoms with Gasteiger partial charge in [0.25, 0.3) is 0 Å². The quantitative estimate of drug-likeness (QED) is 0.671. The summed E-state index contributed by atoms with van der Waals surface area (Å²) in [6.07, 6.45) is 0.746. The van der Waals surface area contributed by atoms with Crippen LogP contribution >= 0.6 is 11.8 Å². The number of benzene rings is 2. The molecule has 0 saturated carbocycles. The molecule has 2 heterocycles. The van der Waals surface area contributed by atoms with Gasteiger partial charge in [-0.1, -0.05) is 43.0 Å². The maximum Gasteiger partial charge on any atom is 0.240 e. The van der Waals surface area contributed by atoms with E-state index in [2.05, 4.69) is 20.9 Å². The standard InChI is InChI=1S/C21H23N5O2S/c1-4-17-23-24-21-26(17)25-18(14-8-10-16(28-3)11-9-14)19(29-21)20(27)22-15-7-5-6-13(2)12-15/h5-12,18-19,25H,4H2,1-3H3,(H,22,27)/t18-,19-/m1/s1. The van der Waals surface area contributed by atoms with Crippen LogP contribution < -0.4 is 15.5 Å². The number of rotatable bonds is 5. The molecule has 0 bridgehead atoms. The lowest BCUT2D eigenvalue weighted by Gasteiger charge is -2.33. The van der Waals surface area contributed by atoms with Crippen molar-refractivity contribution >= 4 is 23.4 Å². The molecule has 29 heavy (non-hydrogen) atoms. The first-order valence-corrected chi connectivity index (χ1v) is 10.4. The van der Waals surface area contributed by atoms with Crippen molar-refractivity contribution in [2.24, 2.45) is 0 Å². The monoisotopic (exact) mass is 409 g/mol. The third kappa shape index (κ3) is 3.93. The zero-order valence-corrected chi connectivity index (χ0v) is 17.4. The van der Waals surface area contributed by atoms with Gasteiger partial charge in [-0.3, -0.25) is 4.79 Å². The molecule has 7 nitrogen and oxygen atoms in total. The van der Waals surface area contributed by atoms with Crippen LogP contribution in [0.3, 0.4) is 0 Å². The summed E-state index contributed by atoms with van der Waals surface area (Å²) in [5.41, 5.74) is 6.31. The normalized spacial score (nSPS) is 17.9. The van der Waals surface area contributed by atoms with Crippen LogP contribution in [-0.2, 0) is 11.2 Å². The maximum atomic E-state index is 13.2. The Labute approximate surface area is 173 Å². The number of hydrogen-bond acceptors (Lipinski definition) is 6. The Balaban J connectivity index is 1.66. The van der Waals surface area contributed by atoms with Gasteiger partial charge in [0, 0.05) is 12.1 Å². The molecule has 2 aromatic carbocycles. The van der Waals surface area contributed by atoms with Gasteiger partial charge in [-0.2, -0.15) is 0 Å². The SMILES string of the molecule is CCc1nnc2n1N[C@H](c1ccc(OC)cc1)[C@H](C(=O)Nc1cccc(C)c1)S2. The van der Waals surface area contributed by atoms with Crippen LogP contribution in [0.15, 0.2) is 53.7 Å². The van der Waals surface area contributed by atoms with Crippen molar-refractivity contribution in [1.82, 2.24) is 14.9 Å². The van der Waals surface area contributed by atoms with Crippen molar-refractivity contribution in [3.8, 4) is 5.75 Å². The second-order valence-corrected chi connectivity index (χ2v) is 7.97. The number of anilines is 1. The molecule has 0 spiro atoms. The number of methoxy groups -OCH3 is 1. The van der Waals surface area contributed by atoms with Gasteiger partial charge in [-0.05, 0) is 42.3 Å². The molecule has 1 aromatic heterocycles. The summed E-state index contributed by atoms with van der Waals surface area (Å²) in [6, 6.07) is 15.3. The van der Waals surface area contributed by atoms with E-state index in [9.17, 15) is 4.79 Å². The fourth-order valence-electron chi connectivity index (χ4n) is 3.33. The Kier molecular flexibility index (Phi) is 5.44. The highest BCUT2D eigenvalue weighted by Crippen LogP contribution is 2.38. The van der Waals surface area contributed by atoms with Crippen LogP contribution in [0, 0.1) is 6.92 Å². The number of aryl methyl sites for hydroxylation is 2. The van der Waals surface area contributed by atoms with Gasteiger partial charge in [0.15, 0.2) is 5.82 Å². The van der Waals surface area contributed by atoms with Crippen LogP contribution in [-0.4, -0.2) is 33.1 Å². The lowest BCUT2D eigenvalue weighted by molar-refractivity contribution is -0.116. The molecule has 3 aromatic rings. The predicted octanol–water partition coefficient (Wildman–Crippen LogP) is 3.56. The zero-order valence-electron chi connectivity index (χ0n) is 16.5. The summed E-state index contributed by atoms with van der Waals surface area (Å²) in [5.74, 6) is 1.53. The minimum atomic E-state index is -0.412. The summed E-state index contributed by atoms with van der Waals surface area (Å²) >= 11 is 1.42. The second-order valence-electron chi connectivity index (χ2n) is 6.86. The number of aromatic nitrogens is 3. The molecular weight excluding hydrogens is 386 g/mol. The number of carbonyl (C=O) groups is 1. The smallest absolute Gasteiger partial charge is 0.240 e. The van der Waals surface area contributed by atoms with E-state index in [0.29, 0.717) is 5.16 Å². The van der Waals surface area contributed by atoms with Crippen molar-refractivity contribution in [3.63, 3.8) is 0 Å². The molecular formula is C21H23N5O2S. The van der Waals surface area contributed by atoms with Crippen molar-refractivity contribution in [3.05, 3.63) is 65.5 Å². The molecule has 2 atom stereocenters. The lowest BCUT2D eigenvalue weighted by Crippen LogP contribution is -2.41. The van der Waals surface area contributed by atoms with Gasteiger partial charge >= 0.3 is 0 Å². The summed E-state index contributed by atoms with van der Waals surface area (Å²) in [7, 11) is 1.64. The number of carbonyl (C=O) groups excluding carboxylic acids is 1. The highest BCUT2D eigenvalue weighted by molar-refractivity contribution is 8.00. The third-order valence-electron chi connectivity index (χ3n) is 4.84. The van der Waals surface area contributed by atoms with E-state index in [4.69, 9.17) is 4.74 Å². The molecule has 150 valence electrons. The Morgan fingerprint density at radius 2 is 2.03 bits per heavy atom. The highest BCUT2D eigenvalue weighted by atomic mass is 32.2. The number of amides is 1. The highest BCUT2D eigenvalue weighted by Gasteiger charge is 2.37. The first kappa shape index (κ1) is 19.3. The molecule has 1 aliphatic rings. The Morgan fingerprint density at radius 1 is 1.24 bits per heavy atom. The minimum Gasteiger partial charge on any atom is -0.497 e. The van der Waals surface area contributed by atoms with Crippen LogP contribution in [0.1, 0.15) is 29.9 Å². The van der Waals surface area contributed by atoms with E-state index in [1.165, 1.54) is 11.8 Å². The largest absolute Gasteiger partial charge is 0.497 e. The number of nitrogens with zero attached hydrogens (tertiary/aromatic N) is 3. The molecule has 0 saturated heterocycles. The van der Waals surface area contributed by atoms with Gasteiger partial charge in [0.2, 0.25) is 11.1 Å². The molecule has 1 aliphatic heterocycles. The van der Waals surface area contributed by atoms with E-state index in [0.717, 1.165) is 34.8 Å². The van der Waals surface area contributed by atoms with Crippen molar-refractivity contribution in [2.45, 2.75) is 36.7 Å². The van der Waals surface area contributed by atoms with Gasteiger partial charge < -0.3 is 15.5 Å². The van der Waals surface area contributed by atoms with Crippen LogP contribution in [0.2, 0.25) is 0 Å². The number of hydrogen-bond donors (Lipinski definition) is 2. The van der Waals surface area contributed by atoms with E-state index >= 15 is 0 Å². The van der Waals surface area contributed by atoms with E-state index in [-0.39, 0.29) is 11.9 Å². The third-order valence-corrected chi connectivity index (χ3v) is 6.05. The summed E-state index contributed by atoms with van der Waals surface area (Å²) in [4.78, 5) is 13.2. The van der Waals surface area contributed by atoms with Gasteiger partial charge in [-0.25, -0.2) is 4.68 Å². The molecule has 0 radical (unpaired) electrons. The topological polar surface area (TPSA) is 81.1 Å². The maximum absolute atomic E-state index is 13.2. The molecule has 1 amide bonds. The Hall–Kier alpha value is -3.00. The fraction of sp³-hybridized carbons (Fsp3) is 0.286. The van der Waals surface area contributed by atoms with Crippen LogP contribution in [0.4, 0.5) is 5.69 Å². The zero-order chi connectivity index (χ0) is 20.4. The first-order chi connectivity index (χ1) is 14.1. The number of nitrogens with one attached hydrogen (secondary N) is 2. The van der Waals surface area contributed by atoms with Gasteiger partial charge in [0.05, 0.1) is 13.2 Å². The molecule has 8 heteroatoms. The molecule has 0 unspecified atom stereocenters. The van der Waals surface area contributed by atoms with Crippen LogP contribution in [0.25, 0.3) is 0 Å². The number of fused-ring (bicyclic) bond motifs is 1. The minimum absolute atomic E-state index is 0.0822. The van der Waals surface area contributed by atoms with Crippen molar-refractivity contribution in [1.29, 1.82) is 0 Å². The van der Waals surface area contributed by atoms with Crippen molar-refractivity contribution < 1.29 is 9.53 Å². The second kappa shape index (κ2) is 8.16. The molecule has 4 rings (SSSR count). The average molecular weight is 410 g/mol. The molecule has 2 N–H and O–H groups in total. The summed E-state index contributed by atoms with van der Waals surface area (Å²) < 4.78 is 7.16. The molecule has 0 fully saturated rings. The number of thioether (sulfide) groups is 1. The van der Waals surface area contributed by atoms with Gasteiger partial charge in [0.1, 0.15) is 11.0 Å². The van der Waals surface area contributed by atoms with E-state index < -0.39 is 5.25 Å². The first-order valence-electron chi connectivity index (χ1n) is 9.48. The Morgan fingerprint density at radius 3 is 2.72 bits per heavy atom. The Bertz CT molecular complexity index is 1020. The lowest BCUT2D eigenvalue weighted by atomic mass is 10.0. The van der Waals surface area contributed by atoms with Crippen molar-refractivity contribution in [2.75, 3.05) is 17.9 Å². The fourth-order valence-corrected chi connectivity index (χ4v) is 4.42. The average Bonchev–Trinajstić information content (AvgIpc) is 3.15.